The first kappa shape index (κ1) is 30.1. The number of anilines is 2. The third kappa shape index (κ3) is 8.14. The number of amidine groups is 1. The lowest BCUT2D eigenvalue weighted by Gasteiger charge is -2.37. The van der Waals surface area contributed by atoms with Crippen molar-refractivity contribution in [3.8, 4) is 11.5 Å². The van der Waals surface area contributed by atoms with E-state index in [1.165, 1.54) is 12.1 Å². The van der Waals surface area contributed by atoms with Crippen LogP contribution >= 0.6 is 0 Å². The molecule has 226 valence electrons. The van der Waals surface area contributed by atoms with Gasteiger partial charge in [-0.25, -0.2) is 0 Å². The average Bonchev–Trinajstić information content (AvgIpc) is 3.01. The van der Waals surface area contributed by atoms with Crippen molar-refractivity contribution in [1.82, 2.24) is 10.2 Å². The molecule has 0 bridgehead atoms. The summed E-state index contributed by atoms with van der Waals surface area (Å²) in [4.78, 5) is 21.7. The van der Waals surface area contributed by atoms with Crippen LogP contribution in [0, 0.1) is 0 Å². The van der Waals surface area contributed by atoms with E-state index in [-0.39, 0.29) is 23.6 Å². The Morgan fingerprint density at radius 3 is 2.49 bits per heavy atom. The lowest BCUT2D eigenvalue weighted by atomic mass is 10.1. The molecule has 43 heavy (non-hydrogen) atoms. The van der Waals surface area contributed by atoms with Gasteiger partial charge in [0.2, 0.25) is 0 Å². The summed E-state index contributed by atoms with van der Waals surface area (Å²) < 4.78 is 45.5. The maximum Gasteiger partial charge on any atom is 0.416 e. The molecule has 2 aliphatic heterocycles. The molecule has 1 amide bonds. The van der Waals surface area contributed by atoms with E-state index in [0.717, 1.165) is 55.5 Å². The zero-order valence-electron chi connectivity index (χ0n) is 23.6. The molecule has 1 atom stereocenters. The van der Waals surface area contributed by atoms with Crippen LogP contribution in [-0.4, -0.2) is 73.7 Å². The summed E-state index contributed by atoms with van der Waals surface area (Å²) >= 11 is 0. The number of nitrogens with one attached hydrogen (secondary N) is 2. The van der Waals surface area contributed by atoms with E-state index >= 15 is 0 Å². The van der Waals surface area contributed by atoms with Gasteiger partial charge in [0.15, 0.2) is 5.75 Å². The Bertz CT molecular complexity index is 1450. The van der Waals surface area contributed by atoms with Crippen LogP contribution in [0.2, 0.25) is 0 Å². The minimum absolute atomic E-state index is 0.0287. The van der Waals surface area contributed by atoms with Gasteiger partial charge in [0.05, 0.1) is 22.9 Å². The fourth-order valence-electron chi connectivity index (χ4n) is 5.04. The summed E-state index contributed by atoms with van der Waals surface area (Å²) in [6.07, 6.45) is -3.05. The van der Waals surface area contributed by atoms with Crippen LogP contribution in [-0.2, 0) is 11.0 Å². The third-order valence-electron chi connectivity index (χ3n) is 7.22. The largest absolute Gasteiger partial charge is 0.455 e. The SMILES string of the molecule is O=C(NCC(O)CN1CCN(c2ccccc2Oc2ccccc2)CC1)C1=CCCN=C1Nc1cccc(C(F)(F)F)c1. The molecule has 8 nitrogen and oxygen atoms in total. The third-order valence-corrected chi connectivity index (χ3v) is 7.22. The molecule has 0 aromatic heterocycles. The quantitative estimate of drug-likeness (QED) is 0.326. The van der Waals surface area contributed by atoms with Crippen molar-refractivity contribution < 1.29 is 27.8 Å². The highest BCUT2D eigenvalue weighted by Gasteiger charge is 2.31. The van der Waals surface area contributed by atoms with E-state index in [4.69, 9.17) is 4.74 Å². The predicted molar refractivity (Wildman–Crippen MR) is 161 cm³/mol. The smallest absolute Gasteiger partial charge is 0.416 e. The van der Waals surface area contributed by atoms with E-state index in [2.05, 4.69) is 25.4 Å². The lowest BCUT2D eigenvalue weighted by Crippen LogP contribution is -2.50. The van der Waals surface area contributed by atoms with Gasteiger partial charge >= 0.3 is 6.18 Å². The summed E-state index contributed by atoms with van der Waals surface area (Å²) in [6, 6.07) is 22.3. The summed E-state index contributed by atoms with van der Waals surface area (Å²) in [5.74, 6) is 1.31. The number of carbonyl (C=O) groups is 1. The molecule has 2 aliphatic rings. The number of hydrogen-bond donors (Lipinski definition) is 3. The average molecular weight is 594 g/mol. The number of hydrogen-bond acceptors (Lipinski definition) is 7. The van der Waals surface area contributed by atoms with Crippen LogP contribution in [0.25, 0.3) is 0 Å². The molecule has 1 saturated heterocycles. The topological polar surface area (TPSA) is 89.4 Å². The molecule has 2 heterocycles. The number of ether oxygens (including phenoxy) is 1. The minimum atomic E-state index is -4.48. The van der Waals surface area contributed by atoms with Crippen molar-refractivity contribution in [2.24, 2.45) is 4.99 Å². The highest BCUT2D eigenvalue weighted by atomic mass is 19.4. The highest BCUT2D eigenvalue weighted by molar-refractivity contribution is 6.25. The van der Waals surface area contributed by atoms with Crippen molar-refractivity contribution in [1.29, 1.82) is 0 Å². The Morgan fingerprint density at radius 1 is 0.977 bits per heavy atom. The van der Waals surface area contributed by atoms with Gasteiger partial charge in [0, 0.05) is 51.5 Å². The number of nitrogens with zero attached hydrogens (tertiary/aromatic N) is 3. The van der Waals surface area contributed by atoms with Gasteiger partial charge in [-0.15, -0.1) is 0 Å². The summed E-state index contributed by atoms with van der Waals surface area (Å²) in [7, 11) is 0. The number of amides is 1. The second-order valence-corrected chi connectivity index (χ2v) is 10.4. The van der Waals surface area contributed by atoms with Gasteiger partial charge < -0.3 is 25.4 Å². The van der Waals surface area contributed by atoms with Crippen molar-refractivity contribution >= 4 is 23.1 Å². The van der Waals surface area contributed by atoms with Crippen molar-refractivity contribution in [2.45, 2.75) is 18.7 Å². The number of aliphatic imine (C=N–C) groups is 1. The number of dihydropyridines is 1. The zero-order valence-corrected chi connectivity index (χ0v) is 23.6. The molecule has 3 aromatic carbocycles. The van der Waals surface area contributed by atoms with Gasteiger partial charge in [-0.3, -0.25) is 14.7 Å². The molecule has 0 radical (unpaired) electrons. The lowest BCUT2D eigenvalue weighted by molar-refractivity contribution is -0.137. The van der Waals surface area contributed by atoms with Gasteiger partial charge in [-0.2, -0.15) is 13.2 Å². The maximum atomic E-state index is 13.1. The van der Waals surface area contributed by atoms with Crippen molar-refractivity contribution in [2.75, 3.05) is 56.0 Å². The fraction of sp³-hybridized carbons (Fsp3) is 0.312. The Hall–Kier alpha value is -4.35. The molecule has 11 heteroatoms. The van der Waals surface area contributed by atoms with Gasteiger partial charge in [-0.05, 0) is 48.9 Å². The minimum Gasteiger partial charge on any atom is -0.455 e. The maximum absolute atomic E-state index is 13.1. The van der Waals surface area contributed by atoms with Crippen molar-refractivity contribution in [3.63, 3.8) is 0 Å². The van der Waals surface area contributed by atoms with Crippen LogP contribution < -0.4 is 20.3 Å². The monoisotopic (exact) mass is 593 g/mol. The van der Waals surface area contributed by atoms with E-state index in [0.29, 0.717) is 19.5 Å². The number of halogens is 3. The Kier molecular flexibility index (Phi) is 9.63. The summed E-state index contributed by atoms with van der Waals surface area (Å²) in [6.45, 7) is 3.79. The van der Waals surface area contributed by atoms with Crippen LogP contribution in [0.3, 0.4) is 0 Å². The van der Waals surface area contributed by atoms with E-state index in [1.54, 1.807) is 6.08 Å². The fourth-order valence-corrected chi connectivity index (χ4v) is 5.04. The molecule has 0 saturated carbocycles. The Labute approximate surface area is 248 Å². The van der Waals surface area contributed by atoms with Gasteiger partial charge in [0.25, 0.3) is 5.91 Å². The standard InChI is InChI=1S/C32H34F3N5O3/c33-32(34,35)23-8-6-9-24(20-23)38-30-27(12-7-15-36-30)31(42)37-21-25(41)22-39-16-18-40(19-17-39)28-13-4-5-14-29(28)43-26-10-2-1-3-11-26/h1-6,8-14,20,25,41H,7,15-19,21-22H2,(H,36,38)(H,37,42). The number of rotatable bonds is 9. The first-order valence-electron chi connectivity index (χ1n) is 14.2. The number of β-amino-alcohol motifs (C(OH)–C–C–N with tert-alkyl or cyclic N) is 1. The molecule has 0 spiro atoms. The van der Waals surface area contributed by atoms with Gasteiger partial charge in [-0.1, -0.05) is 42.5 Å². The zero-order chi connectivity index (χ0) is 30.2. The van der Waals surface area contributed by atoms with Crippen LogP contribution in [0.15, 0.2) is 95.5 Å². The number of alkyl halides is 3. The molecule has 0 aliphatic carbocycles. The first-order chi connectivity index (χ1) is 20.8. The second-order valence-electron chi connectivity index (χ2n) is 10.4. The van der Waals surface area contributed by atoms with Crippen molar-refractivity contribution in [3.05, 3.63) is 96.1 Å². The number of piperazine rings is 1. The predicted octanol–water partition coefficient (Wildman–Crippen LogP) is 4.94. The molecule has 5 rings (SSSR count). The van der Waals surface area contributed by atoms with Crippen LogP contribution in [0.5, 0.6) is 11.5 Å². The Balaban J connectivity index is 1.10. The number of benzene rings is 3. The molecule has 1 fully saturated rings. The van der Waals surface area contributed by atoms with E-state index in [9.17, 15) is 23.1 Å². The number of aliphatic hydroxyl groups is 1. The van der Waals surface area contributed by atoms with Crippen LogP contribution in [0.4, 0.5) is 24.5 Å². The second kappa shape index (κ2) is 13.7. The highest BCUT2D eigenvalue weighted by Crippen LogP contribution is 2.33. The number of para-hydroxylation sites is 3. The Morgan fingerprint density at radius 2 is 1.72 bits per heavy atom. The van der Waals surface area contributed by atoms with Crippen LogP contribution in [0.1, 0.15) is 12.0 Å². The summed E-state index contributed by atoms with van der Waals surface area (Å²) in [5, 5.41) is 16.3. The molecular weight excluding hydrogens is 559 g/mol. The first-order valence-corrected chi connectivity index (χ1v) is 14.2. The molecule has 3 aromatic rings. The van der Waals surface area contributed by atoms with E-state index < -0.39 is 23.8 Å². The summed E-state index contributed by atoms with van der Waals surface area (Å²) in [5.41, 5.74) is 0.636. The van der Waals surface area contributed by atoms with Gasteiger partial charge in [0.1, 0.15) is 11.6 Å². The number of aliphatic hydroxyl groups excluding tert-OH is 1. The normalized spacial score (nSPS) is 16.6. The molecule has 1 unspecified atom stereocenters. The molecule has 3 N–H and O–H groups in total. The number of carbonyl (C=O) groups excluding carboxylic acids is 1. The van der Waals surface area contributed by atoms with E-state index in [1.807, 2.05) is 54.6 Å². The molecular formula is C32H34F3N5O3.